The molecule has 2 rings (SSSR count). The van der Waals surface area contributed by atoms with Crippen molar-refractivity contribution in [2.75, 3.05) is 13.1 Å². The summed E-state index contributed by atoms with van der Waals surface area (Å²) in [6.45, 7) is 7.36. The van der Waals surface area contributed by atoms with Crippen LogP contribution in [0.2, 0.25) is 0 Å². The molecule has 0 aliphatic heterocycles. The summed E-state index contributed by atoms with van der Waals surface area (Å²) in [5, 5.41) is 5.70. The van der Waals surface area contributed by atoms with Crippen LogP contribution in [0.3, 0.4) is 0 Å². The zero-order valence-electron chi connectivity index (χ0n) is 10.7. The van der Waals surface area contributed by atoms with Gasteiger partial charge in [0.2, 0.25) is 0 Å². The van der Waals surface area contributed by atoms with Crippen molar-refractivity contribution in [3.63, 3.8) is 0 Å². The Labute approximate surface area is 108 Å². The summed E-state index contributed by atoms with van der Waals surface area (Å²) in [4.78, 5) is 0. The second-order valence-corrected chi connectivity index (χ2v) is 4.38. The lowest BCUT2D eigenvalue weighted by molar-refractivity contribution is 0.219. The van der Waals surface area contributed by atoms with E-state index in [0.29, 0.717) is 0 Å². The quantitative estimate of drug-likeness (QED) is 0.618. The van der Waals surface area contributed by atoms with Crippen molar-refractivity contribution in [1.29, 1.82) is 0 Å². The molecule has 0 saturated heterocycles. The molecule has 2 nitrogen and oxygen atoms in total. The van der Waals surface area contributed by atoms with Crippen LogP contribution in [0.1, 0.15) is 6.92 Å². The maximum absolute atomic E-state index is 5.87. The molecule has 2 aromatic rings. The Kier molecular flexibility index (Phi) is 4.37. The van der Waals surface area contributed by atoms with Gasteiger partial charge < -0.3 is 10.1 Å². The molecule has 2 heteroatoms. The lowest BCUT2D eigenvalue weighted by Crippen LogP contribution is -2.28. The molecule has 0 radical (unpaired) electrons. The summed E-state index contributed by atoms with van der Waals surface area (Å²) in [5.41, 5.74) is 0. The molecule has 0 aliphatic carbocycles. The Morgan fingerprint density at radius 1 is 1.22 bits per heavy atom. The first-order chi connectivity index (χ1) is 8.79. The lowest BCUT2D eigenvalue weighted by atomic mass is 10.1. The molecule has 1 atom stereocenters. The Balaban J connectivity index is 2.00. The zero-order valence-corrected chi connectivity index (χ0v) is 10.7. The van der Waals surface area contributed by atoms with Crippen molar-refractivity contribution in [1.82, 2.24) is 5.32 Å². The SMILES string of the molecule is C=CCNCC(C)Oc1ccc2ccccc2c1. The maximum atomic E-state index is 5.87. The van der Waals surface area contributed by atoms with Crippen LogP contribution in [-0.4, -0.2) is 19.2 Å². The third-order valence-electron chi connectivity index (χ3n) is 2.78. The highest BCUT2D eigenvalue weighted by Gasteiger charge is 2.03. The first-order valence-electron chi connectivity index (χ1n) is 6.26. The molecule has 0 aliphatic rings. The minimum atomic E-state index is 0.145. The summed E-state index contributed by atoms with van der Waals surface area (Å²) in [5.74, 6) is 0.918. The Hall–Kier alpha value is -1.80. The van der Waals surface area contributed by atoms with Gasteiger partial charge in [-0.15, -0.1) is 6.58 Å². The van der Waals surface area contributed by atoms with Crippen LogP contribution in [0.25, 0.3) is 10.8 Å². The molecular weight excluding hydrogens is 222 g/mol. The van der Waals surface area contributed by atoms with Crippen LogP contribution in [0, 0.1) is 0 Å². The summed E-state index contributed by atoms with van der Waals surface area (Å²) < 4.78 is 5.87. The standard InChI is InChI=1S/C16H19NO/c1-3-10-17-12-13(2)18-16-9-8-14-6-4-5-7-15(14)11-16/h3-9,11,13,17H,1,10,12H2,2H3. The van der Waals surface area contributed by atoms with Crippen molar-refractivity contribution >= 4 is 10.8 Å². The predicted octanol–water partition coefficient (Wildman–Crippen LogP) is 3.38. The van der Waals surface area contributed by atoms with E-state index in [1.54, 1.807) is 0 Å². The molecular formula is C16H19NO. The van der Waals surface area contributed by atoms with Crippen LogP contribution in [0.15, 0.2) is 55.1 Å². The van der Waals surface area contributed by atoms with E-state index in [4.69, 9.17) is 4.74 Å². The normalized spacial score (nSPS) is 12.3. The van der Waals surface area contributed by atoms with Gasteiger partial charge in [-0.3, -0.25) is 0 Å². The topological polar surface area (TPSA) is 21.3 Å². The zero-order chi connectivity index (χ0) is 12.8. The second kappa shape index (κ2) is 6.22. The monoisotopic (exact) mass is 241 g/mol. The van der Waals surface area contributed by atoms with E-state index in [1.165, 1.54) is 10.8 Å². The summed E-state index contributed by atoms with van der Waals surface area (Å²) in [6, 6.07) is 14.5. The number of fused-ring (bicyclic) bond motifs is 1. The van der Waals surface area contributed by atoms with E-state index < -0.39 is 0 Å². The molecule has 0 fully saturated rings. The molecule has 0 spiro atoms. The van der Waals surface area contributed by atoms with Crippen molar-refractivity contribution in [2.24, 2.45) is 0 Å². The smallest absolute Gasteiger partial charge is 0.120 e. The molecule has 94 valence electrons. The van der Waals surface area contributed by atoms with Gasteiger partial charge in [-0.2, -0.15) is 0 Å². The van der Waals surface area contributed by atoms with Crippen molar-refractivity contribution in [2.45, 2.75) is 13.0 Å². The summed E-state index contributed by atoms with van der Waals surface area (Å²) in [6.07, 6.45) is 1.99. The Morgan fingerprint density at radius 3 is 2.78 bits per heavy atom. The molecule has 1 N–H and O–H groups in total. The van der Waals surface area contributed by atoms with Gasteiger partial charge >= 0.3 is 0 Å². The number of hydrogen-bond donors (Lipinski definition) is 1. The van der Waals surface area contributed by atoms with E-state index in [0.717, 1.165) is 18.8 Å². The highest BCUT2D eigenvalue weighted by molar-refractivity contribution is 5.83. The third kappa shape index (κ3) is 3.34. The van der Waals surface area contributed by atoms with E-state index in [-0.39, 0.29) is 6.10 Å². The minimum absolute atomic E-state index is 0.145. The van der Waals surface area contributed by atoms with E-state index in [9.17, 15) is 0 Å². The van der Waals surface area contributed by atoms with E-state index in [2.05, 4.69) is 43.1 Å². The van der Waals surface area contributed by atoms with Crippen molar-refractivity contribution in [3.05, 3.63) is 55.1 Å². The van der Waals surface area contributed by atoms with Gasteiger partial charge in [-0.1, -0.05) is 36.4 Å². The number of rotatable bonds is 6. The molecule has 0 bridgehead atoms. The van der Waals surface area contributed by atoms with Gasteiger partial charge in [0.1, 0.15) is 11.9 Å². The molecule has 1 unspecified atom stereocenters. The fourth-order valence-electron chi connectivity index (χ4n) is 1.90. The molecule has 18 heavy (non-hydrogen) atoms. The van der Waals surface area contributed by atoms with E-state index >= 15 is 0 Å². The summed E-state index contributed by atoms with van der Waals surface area (Å²) in [7, 11) is 0. The van der Waals surface area contributed by atoms with Gasteiger partial charge in [-0.25, -0.2) is 0 Å². The highest BCUT2D eigenvalue weighted by Crippen LogP contribution is 2.21. The Bertz CT molecular complexity index is 521. The number of nitrogens with one attached hydrogen (secondary N) is 1. The Morgan fingerprint density at radius 2 is 2.00 bits per heavy atom. The first kappa shape index (κ1) is 12.7. The van der Waals surface area contributed by atoms with Gasteiger partial charge in [0, 0.05) is 13.1 Å². The van der Waals surface area contributed by atoms with Crippen LogP contribution in [0.5, 0.6) is 5.75 Å². The number of benzene rings is 2. The molecule has 0 amide bonds. The maximum Gasteiger partial charge on any atom is 0.120 e. The largest absolute Gasteiger partial charge is 0.489 e. The van der Waals surface area contributed by atoms with Gasteiger partial charge in [0.05, 0.1) is 0 Å². The average Bonchev–Trinajstić information content (AvgIpc) is 2.39. The lowest BCUT2D eigenvalue weighted by Gasteiger charge is -2.15. The van der Waals surface area contributed by atoms with Crippen LogP contribution < -0.4 is 10.1 Å². The average molecular weight is 241 g/mol. The number of ether oxygens (including phenoxy) is 1. The van der Waals surface area contributed by atoms with E-state index in [1.807, 2.05) is 24.3 Å². The highest BCUT2D eigenvalue weighted by atomic mass is 16.5. The van der Waals surface area contributed by atoms with Crippen LogP contribution >= 0.6 is 0 Å². The third-order valence-corrected chi connectivity index (χ3v) is 2.78. The summed E-state index contributed by atoms with van der Waals surface area (Å²) >= 11 is 0. The fraction of sp³-hybridized carbons (Fsp3) is 0.250. The molecule has 2 aromatic carbocycles. The van der Waals surface area contributed by atoms with Gasteiger partial charge in [0.25, 0.3) is 0 Å². The molecule has 0 aromatic heterocycles. The molecule has 0 saturated carbocycles. The molecule has 0 heterocycles. The number of hydrogen-bond acceptors (Lipinski definition) is 2. The second-order valence-electron chi connectivity index (χ2n) is 4.38. The first-order valence-corrected chi connectivity index (χ1v) is 6.26. The van der Waals surface area contributed by atoms with Gasteiger partial charge in [-0.05, 0) is 29.8 Å². The van der Waals surface area contributed by atoms with Crippen molar-refractivity contribution < 1.29 is 4.74 Å². The predicted molar refractivity (Wildman–Crippen MR) is 77.1 cm³/mol. The minimum Gasteiger partial charge on any atom is -0.489 e. The van der Waals surface area contributed by atoms with Crippen LogP contribution in [0.4, 0.5) is 0 Å². The van der Waals surface area contributed by atoms with Crippen LogP contribution in [-0.2, 0) is 0 Å². The fourth-order valence-corrected chi connectivity index (χ4v) is 1.90. The van der Waals surface area contributed by atoms with Crippen molar-refractivity contribution in [3.8, 4) is 5.75 Å². The van der Waals surface area contributed by atoms with Gasteiger partial charge in [0.15, 0.2) is 0 Å².